The molecule has 0 amide bonds. The molecular weight excluding hydrogens is 249 g/mol. The molecule has 2 nitrogen and oxygen atoms in total. The molecule has 2 N–H and O–H groups in total. The first kappa shape index (κ1) is 12.8. The highest BCUT2D eigenvalue weighted by Gasteiger charge is 2.09. The number of hydrogen-bond acceptors (Lipinski definition) is 2. The number of hydrogen-bond donors (Lipinski definition) is 1. The molecule has 0 aliphatic heterocycles. The van der Waals surface area contributed by atoms with Crippen LogP contribution >= 0.6 is 0 Å². The topological polar surface area (TPSA) is 43.1 Å². The standard InChI is InChI=1S/C14H14FNOS/c15-12-6-7-13(16)14(10-12)18(17)9-8-11-4-2-1-3-5-11/h1-7,10H,8-9,16H2. The minimum absolute atomic E-state index is 0.378. The molecule has 0 saturated carbocycles. The predicted molar refractivity (Wildman–Crippen MR) is 72.2 cm³/mol. The van der Waals surface area contributed by atoms with Crippen molar-refractivity contribution in [3.05, 3.63) is 59.9 Å². The van der Waals surface area contributed by atoms with Gasteiger partial charge in [-0.05, 0) is 30.2 Å². The number of anilines is 1. The molecule has 4 heteroatoms. The number of nitrogens with two attached hydrogens (primary N) is 1. The highest BCUT2D eigenvalue weighted by atomic mass is 32.2. The molecule has 94 valence electrons. The van der Waals surface area contributed by atoms with Crippen LogP contribution in [0.25, 0.3) is 0 Å². The van der Waals surface area contributed by atoms with E-state index < -0.39 is 16.6 Å². The Morgan fingerprint density at radius 3 is 2.56 bits per heavy atom. The number of rotatable bonds is 4. The van der Waals surface area contributed by atoms with Crippen LogP contribution in [0.4, 0.5) is 10.1 Å². The van der Waals surface area contributed by atoms with Crippen LogP contribution in [-0.4, -0.2) is 9.96 Å². The first-order valence-electron chi connectivity index (χ1n) is 5.64. The smallest absolute Gasteiger partial charge is 0.124 e. The first-order chi connectivity index (χ1) is 8.66. The summed E-state index contributed by atoms with van der Waals surface area (Å²) in [5.41, 5.74) is 7.19. The first-order valence-corrected chi connectivity index (χ1v) is 6.96. The van der Waals surface area contributed by atoms with Crippen molar-refractivity contribution >= 4 is 16.5 Å². The third kappa shape index (κ3) is 3.17. The van der Waals surface area contributed by atoms with Gasteiger partial charge in [0.15, 0.2) is 0 Å². The zero-order chi connectivity index (χ0) is 13.0. The van der Waals surface area contributed by atoms with Gasteiger partial charge >= 0.3 is 0 Å². The Morgan fingerprint density at radius 1 is 1.11 bits per heavy atom. The lowest BCUT2D eigenvalue weighted by molar-refractivity contribution is 0.623. The van der Waals surface area contributed by atoms with Gasteiger partial charge in [-0.15, -0.1) is 0 Å². The van der Waals surface area contributed by atoms with E-state index in [0.717, 1.165) is 5.56 Å². The lowest BCUT2D eigenvalue weighted by Crippen LogP contribution is -2.05. The molecule has 0 spiro atoms. The maximum Gasteiger partial charge on any atom is 0.124 e. The molecule has 2 aromatic carbocycles. The van der Waals surface area contributed by atoms with E-state index in [2.05, 4.69) is 0 Å². The molecule has 1 unspecified atom stereocenters. The normalized spacial score (nSPS) is 12.3. The van der Waals surface area contributed by atoms with Gasteiger partial charge in [0.05, 0.1) is 15.7 Å². The van der Waals surface area contributed by atoms with E-state index in [1.807, 2.05) is 30.3 Å². The predicted octanol–water partition coefficient (Wildman–Crippen LogP) is 2.76. The molecule has 1 atom stereocenters. The molecule has 0 aliphatic rings. The maximum absolute atomic E-state index is 13.1. The van der Waals surface area contributed by atoms with Gasteiger partial charge in [0.25, 0.3) is 0 Å². The minimum atomic E-state index is -1.27. The van der Waals surface area contributed by atoms with Crippen LogP contribution in [0.3, 0.4) is 0 Å². The van der Waals surface area contributed by atoms with Gasteiger partial charge in [-0.25, -0.2) is 4.39 Å². The van der Waals surface area contributed by atoms with E-state index in [4.69, 9.17) is 5.73 Å². The Labute approximate surface area is 108 Å². The molecule has 0 aliphatic carbocycles. The van der Waals surface area contributed by atoms with Gasteiger partial charge in [0.1, 0.15) is 5.82 Å². The number of aryl methyl sites for hydroxylation is 1. The van der Waals surface area contributed by atoms with E-state index in [9.17, 15) is 8.60 Å². The van der Waals surface area contributed by atoms with Gasteiger partial charge < -0.3 is 5.73 Å². The second-order valence-electron chi connectivity index (χ2n) is 3.97. The van der Waals surface area contributed by atoms with Crippen molar-refractivity contribution in [1.29, 1.82) is 0 Å². The van der Waals surface area contributed by atoms with Gasteiger partial charge in [0.2, 0.25) is 0 Å². The van der Waals surface area contributed by atoms with Crippen LogP contribution in [0.15, 0.2) is 53.4 Å². The molecule has 18 heavy (non-hydrogen) atoms. The zero-order valence-electron chi connectivity index (χ0n) is 9.80. The van der Waals surface area contributed by atoms with E-state index in [1.165, 1.54) is 18.2 Å². The van der Waals surface area contributed by atoms with Crippen LogP contribution in [0.5, 0.6) is 0 Å². The summed E-state index contributed by atoms with van der Waals surface area (Å²) in [4.78, 5) is 0.380. The second-order valence-corrected chi connectivity index (χ2v) is 5.51. The summed E-state index contributed by atoms with van der Waals surface area (Å²) in [7, 11) is -1.27. The Bertz CT molecular complexity index is 557. The van der Waals surface area contributed by atoms with Crippen molar-refractivity contribution in [2.75, 3.05) is 11.5 Å². The van der Waals surface area contributed by atoms with Crippen LogP contribution in [-0.2, 0) is 17.2 Å². The molecule has 2 aromatic rings. The highest BCUT2D eigenvalue weighted by Crippen LogP contribution is 2.18. The average Bonchev–Trinajstić information content (AvgIpc) is 2.40. The second kappa shape index (κ2) is 5.78. The molecule has 0 heterocycles. The number of halogens is 1. The Balaban J connectivity index is 2.06. The fourth-order valence-electron chi connectivity index (χ4n) is 1.67. The summed E-state index contributed by atoms with van der Waals surface area (Å²) in [5.74, 6) is 0.0322. The third-order valence-electron chi connectivity index (χ3n) is 2.64. The molecule has 0 aromatic heterocycles. The Morgan fingerprint density at radius 2 is 1.83 bits per heavy atom. The molecule has 0 saturated heterocycles. The summed E-state index contributed by atoms with van der Waals surface area (Å²) < 4.78 is 25.1. The fourth-order valence-corrected chi connectivity index (χ4v) is 2.89. The van der Waals surface area contributed by atoms with Gasteiger partial charge in [0, 0.05) is 11.4 Å². The Hall–Kier alpha value is -1.68. The van der Waals surface area contributed by atoms with Gasteiger partial charge in [-0.2, -0.15) is 0 Å². The zero-order valence-corrected chi connectivity index (χ0v) is 10.6. The van der Waals surface area contributed by atoms with Crippen molar-refractivity contribution in [3.8, 4) is 0 Å². The average molecular weight is 263 g/mol. The van der Waals surface area contributed by atoms with E-state index in [1.54, 1.807) is 0 Å². The minimum Gasteiger partial charge on any atom is -0.398 e. The van der Waals surface area contributed by atoms with Crippen LogP contribution < -0.4 is 5.73 Å². The quantitative estimate of drug-likeness (QED) is 0.862. The third-order valence-corrected chi connectivity index (χ3v) is 4.06. The van der Waals surface area contributed by atoms with Crippen molar-refractivity contribution < 1.29 is 8.60 Å². The van der Waals surface area contributed by atoms with Crippen molar-refractivity contribution in [1.82, 2.24) is 0 Å². The van der Waals surface area contributed by atoms with E-state index in [0.29, 0.717) is 22.8 Å². The van der Waals surface area contributed by atoms with E-state index in [-0.39, 0.29) is 0 Å². The fraction of sp³-hybridized carbons (Fsp3) is 0.143. The summed E-state index contributed by atoms with van der Waals surface area (Å²) in [5, 5.41) is 0. The lowest BCUT2D eigenvalue weighted by Gasteiger charge is -2.06. The van der Waals surface area contributed by atoms with Crippen LogP contribution in [0, 0.1) is 5.82 Å². The summed E-state index contributed by atoms with van der Waals surface area (Å²) in [6.45, 7) is 0. The number of nitrogen functional groups attached to an aromatic ring is 1. The van der Waals surface area contributed by atoms with E-state index >= 15 is 0 Å². The SMILES string of the molecule is Nc1ccc(F)cc1S(=O)CCc1ccccc1. The molecule has 0 radical (unpaired) electrons. The van der Waals surface area contributed by atoms with Crippen molar-refractivity contribution in [2.45, 2.75) is 11.3 Å². The summed E-state index contributed by atoms with van der Waals surface area (Å²) in [6, 6.07) is 13.7. The van der Waals surface area contributed by atoms with Crippen LogP contribution in [0.2, 0.25) is 0 Å². The summed E-state index contributed by atoms with van der Waals surface area (Å²) >= 11 is 0. The lowest BCUT2D eigenvalue weighted by atomic mass is 10.2. The molecule has 0 bridgehead atoms. The van der Waals surface area contributed by atoms with Gasteiger partial charge in [-0.3, -0.25) is 4.21 Å². The van der Waals surface area contributed by atoms with Crippen molar-refractivity contribution in [2.24, 2.45) is 0 Å². The largest absolute Gasteiger partial charge is 0.398 e. The molecule has 2 rings (SSSR count). The van der Waals surface area contributed by atoms with Crippen molar-refractivity contribution in [3.63, 3.8) is 0 Å². The summed E-state index contributed by atoms with van der Waals surface area (Å²) in [6.07, 6.45) is 0.684. The molecule has 0 fully saturated rings. The highest BCUT2D eigenvalue weighted by molar-refractivity contribution is 7.85. The van der Waals surface area contributed by atoms with Crippen LogP contribution in [0.1, 0.15) is 5.56 Å². The van der Waals surface area contributed by atoms with Gasteiger partial charge in [-0.1, -0.05) is 30.3 Å². The monoisotopic (exact) mass is 263 g/mol. The molecular formula is C14H14FNOS. The number of benzene rings is 2. The maximum atomic E-state index is 13.1. The Kier molecular flexibility index (Phi) is 4.10.